The number of nitrogens with zero attached hydrogens (tertiary/aromatic N) is 1. The standard InChI is InChI=1S/C15H15NO4/c1-11-4-3-5-12(8-11)10-20-15-7-6-13(19-2)9-14(15)16(17)18/h3-9H,10H2,1-2H3. The summed E-state index contributed by atoms with van der Waals surface area (Å²) in [5.74, 6) is 0.664. The maximum Gasteiger partial charge on any atom is 0.314 e. The molecule has 2 aromatic rings. The summed E-state index contributed by atoms with van der Waals surface area (Å²) in [6.45, 7) is 2.27. The molecule has 0 N–H and O–H groups in total. The summed E-state index contributed by atoms with van der Waals surface area (Å²) in [5.41, 5.74) is 1.99. The first kappa shape index (κ1) is 13.9. The quantitative estimate of drug-likeness (QED) is 0.618. The first-order valence-corrected chi connectivity index (χ1v) is 6.11. The van der Waals surface area contributed by atoms with Gasteiger partial charge in [0.05, 0.1) is 18.1 Å². The van der Waals surface area contributed by atoms with Gasteiger partial charge in [0.25, 0.3) is 0 Å². The highest BCUT2D eigenvalue weighted by Gasteiger charge is 2.16. The third-order valence-corrected chi connectivity index (χ3v) is 2.84. The predicted molar refractivity (Wildman–Crippen MR) is 75.2 cm³/mol. The van der Waals surface area contributed by atoms with E-state index in [1.165, 1.54) is 13.2 Å². The van der Waals surface area contributed by atoms with Crippen LogP contribution in [0.25, 0.3) is 0 Å². The Balaban J connectivity index is 2.18. The summed E-state index contributed by atoms with van der Waals surface area (Å²) in [6.07, 6.45) is 0. The van der Waals surface area contributed by atoms with Gasteiger partial charge in [-0.25, -0.2) is 0 Å². The van der Waals surface area contributed by atoms with Crippen LogP contribution in [0, 0.1) is 17.0 Å². The summed E-state index contributed by atoms with van der Waals surface area (Å²) in [6, 6.07) is 12.4. The summed E-state index contributed by atoms with van der Waals surface area (Å²) in [5, 5.41) is 11.0. The molecule has 0 heterocycles. The van der Waals surface area contributed by atoms with Crippen LogP contribution in [0.3, 0.4) is 0 Å². The van der Waals surface area contributed by atoms with E-state index in [9.17, 15) is 10.1 Å². The molecule has 0 aliphatic carbocycles. The minimum atomic E-state index is -0.478. The molecule has 0 aromatic heterocycles. The van der Waals surface area contributed by atoms with Gasteiger partial charge < -0.3 is 9.47 Å². The van der Waals surface area contributed by atoms with Crippen LogP contribution in [0.2, 0.25) is 0 Å². The number of aryl methyl sites for hydroxylation is 1. The van der Waals surface area contributed by atoms with Crippen LogP contribution in [-0.2, 0) is 6.61 Å². The molecular weight excluding hydrogens is 258 g/mol. The van der Waals surface area contributed by atoms with E-state index in [0.717, 1.165) is 11.1 Å². The van der Waals surface area contributed by atoms with Crippen molar-refractivity contribution in [3.05, 3.63) is 63.7 Å². The molecular formula is C15H15NO4. The Bertz CT molecular complexity index is 625. The molecule has 0 spiro atoms. The largest absolute Gasteiger partial charge is 0.496 e. The number of methoxy groups -OCH3 is 1. The summed E-state index contributed by atoms with van der Waals surface area (Å²) in [7, 11) is 1.46. The molecule has 104 valence electrons. The summed E-state index contributed by atoms with van der Waals surface area (Å²) < 4.78 is 10.5. The Morgan fingerprint density at radius 2 is 2.00 bits per heavy atom. The molecule has 0 bridgehead atoms. The molecule has 5 heteroatoms. The molecule has 2 aromatic carbocycles. The van der Waals surface area contributed by atoms with Gasteiger partial charge in [0, 0.05) is 0 Å². The number of nitro benzene ring substituents is 1. The summed E-state index contributed by atoms with van der Waals surface area (Å²) in [4.78, 5) is 10.5. The topological polar surface area (TPSA) is 61.6 Å². The maximum atomic E-state index is 11.0. The smallest absolute Gasteiger partial charge is 0.314 e. The van der Waals surface area contributed by atoms with Gasteiger partial charge in [-0.1, -0.05) is 29.8 Å². The fourth-order valence-corrected chi connectivity index (χ4v) is 1.85. The van der Waals surface area contributed by atoms with E-state index in [1.54, 1.807) is 12.1 Å². The minimum absolute atomic E-state index is 0.1000. The van der Waals surface area contributed by atoms with E-state index in [2.05, 4.69) is 0 Å². The van der Waals surface area contributed by atoms with Crippen molar-refractivity contribution in [2.24, 2.45) is 0 Å². The Labute approximate surface area is 116 Å². The Morgan fingerprint density at radius 3 is 2.65 bits per heavy atom. The Hall–Kier alpha value is -2.56. The zero-order chi connectivity index (χ0) is 14.5. The second kappa shape index (κ2) is 6.06. The third kappa shape index (κ3) is 3.26. The average molecular weight is 273 g/mol. The zero-order valence-corrected chi connectivity index (χ0v) is 11.3. The lowest BCUT2D eigenvalue weighted by Crippen LogP contribution is -1.99. The molecule has 0 saturated heterocycles. The van der Waals surface area contributed by atoms with Gasteiger partial charge >= 0.3 is 5.69 Å². The number of hydrogen-bond acceptors (Lipinski definition) is 4. The van der Waals surface area contributed by atoms with Crippen molar-refractivity contribution in [3.63, 3.8) is 0 Å². The van der Waals surface area contributed by atoms with E-state index in [4.69, 9.17) is 9.47 Å². The van der Waals surface area contributed by atoms with Crippen molar-refractivity contribution in [1.82, 2.24) is 0 Å². The van der Waals surface area contributed by atoms with Crippen molar-refractivity contribution in [2.45, 2.75) is 13.5 Å². The molecule has 20 heavy (non-hydrogen) atoms. The van der Waals surface area contributed by atoms with Gasteiger partial charge in [-0.3, -0.25) is 10.1 Å². The molecule has 0 amide bonds. The van der Waals surface area contributed by atoms with Crippen LogP contribution >= 0.6 is 0 Å². The number of ether oxygens (including phenoxy) is 2. The second-order valence-corrected chi connectivity index (χ2v) is 4.37. The molecule has 0 atom stereocenters. The van der Waals surface area contributed by atoms with Crippen molar-refractivity contribution >= 4 is 5.69 Å². The maximum absolute atomic E-state index is 11.0. The lowest BCUT2D eigenvalue weighted by molar-refractivity contribution is -0.386. The lowest BCUT2D eigenvalue weighted by atomic mass is 10.1. The van der Waals surface area contributed by atoms with E-state index < -0.39 is 4.92 Å². The Kier molecular flexibility index (Phi) is 4.20. The van der Waals surface area contributed by atoms with Gasteiger partial charge in [0.15, 0.2) is 5.75 Å². The summed E-state index contributed by atoms with van der Waals surface area (Å²) >= 11 is 0. The number of nitro groups is 1. The lowest BCUT2D eigenvalue weighted by Gasteiger charge is -2.08. The highest BCUT2D eigenvalue weighted by Crippen LogP contribution is 2.31. The van der Waals surface area contributed by atoms with Gasteiger partial charge in [0.1, 0.15) is 12.4 Å². The SMILES string of the molecule is COc1ccc(OCc2cccc(C)c2)c([N+](=O)[O-])c1. The molecule has 0 aliphatic rings. The van der Waals surface area contributed by atoms with Gasteiger partial charge in [-0.15, -0.1) is 0 Å². The first-order chi connectivity index (χ1) is 9.60. The van der Waals surface area contributed by atoms with Gasteiger partial charge in [-0.2, -0.15) is 0 Å². The van der Waals surface area contributed by atoms with Gasteiger partial charge in [0.2, 0.25) is 0 Å². The normalized spacial score (nSPS) is 10.1. The average Bonchev–Trinajstić information content (AvgIpc) is 2.45. The fourth-order valence-electron chi connectivity index (χ4n) is 1.85. The first-order valence-electron chi connectivity index (χ1n) is 6.11. The van der Waals surface area contributed by atoms with E-state index in [1.807, 2.05) is 31.2 Å². The predicted octanol–water partition coefficient (Wildman–Crippen LogP) is 3.49. The third-order valence-electron chi connectivity index (χ3n) is 2.84. The molecule has 0 saturated carbocycles. The van der Waals surface area contributed by atoms with Crippen molar-refractivity contribution in [3.8, 4) is 11.5 Å². The van der Waals surface area contributed by atoms with Crippen molar-refractivity contribution < 1.29 is 14.4 Å². The molecule has 2 rings (SSSR count). The molecule has 0 radical (unpaired) electrons. The monoisotopic (exact) mass is 273 g/mol. The number of benzene rings is 2. The molecule has 0 unspecified atom stereocenters. The van der Waals surface area contributed by atoms with E-state index in [-0.39, 0.29) is 18.0 Å². The van der Waals surface area contributed by atoms with Crippen LogP contribution in [-0.4, -0.2) is 12.0 Å². The second-order valence-electron chi connectivity index (χ2n) is 4.37. The van der Waals surface area contributed by atoms with Crippen LogP contribution in [0.5, 0.6) is 11.5 Å². The Morgan fingerprint density at radius 1 is 1.20 bits per heavy atom. The zero-order valence-electron chi connectivity index (χ0n) is 11.3. The highest BCUT2D eigenvalue weighted by molar-refractivity contribution is 5.51. The molecule has 0 fully saturated rings. The highest BCUT2D eigenvalue weighted by atomic mass is 16.6. The fraction of sp³-hybridized carbons (Fsp3) is 0.200. The number of rotatable bonds is 5. The van der Waals surface area contributed by atoms with Gasteiger partial charge in [-0.05, 0) is 24.6 Å². The molecule has 0 aliphatic heterocycles. The van der Waals surface area contributed by atoms with Crippen LogP contribution in [0.15, 0.2) is 42.5 Å². The molecule has 5 nitrogen and oxygen atoms in total. The van der Waals surface area contributed by atoms with E-state index >= 15 is 0 Å². The van der Waals surface area contributed by atoms with E-state index in [0.29, 0.717) is 5.75 Å². The van der Waals surface area contributed by atoms with Crippen LogP contribution < -0.4 is 9.47 Å². The minimum Gasteiger partial charge on any atom is -0.496 e. The number of hydrogen-bond donors (Lipinski definition) is 0. The van der Waals surface area contributed by atoms with Crippen LogP contribution in [0.1, 0.15) is 11.1 Å². The van der Waals surface area contributed by atoms with Crippen molar-refractivity contribution in [2.75, 3.05) is 7.11 Å². The van der Waals surface area contributed by atoms with Crippen LogP contribution in [0.4, 0.5) is 5.69 Å². The van der Waals surface area contributed by atoms with Crippen molar-refractivity contribution in [1.29, 1.82) is 0 Å².